The van der Waals surface area contributed by atoms with E-state index >= 15 is 0 Å². The van der Waals surface area contributed by atoms with Crippen LogP contribution in [0, 0.1) is 5.82 Å². The summed E-state index contributed by atoms with van der Waals surface area (Å²) >= 11 is 7.42. The van der Waals surface area contributed by atoms with Crippen LogP contribution < -0.4 is 5.73 Å². The smallest absolute Gasteiger partial charge is 0.146 e. The van der Waals surface area contributed by atoms with Gasteiger partial charge in [0.25, 0.3) is 0 Å². The van der Waals surface area contributed by atoms with Gasteiger partial charge in [0.1, 0.15) is 5.82 Å². The van der Waals surface area contributed by atoms with E-state index in [-0.39, 0.29) is 11.1 Å². The van der Waals surface area contributed by atoms with Gasteiger partial charge >= 0.3 is 0 Å². The Morgan fingerprint density at radius 2 is 2.12 bits per heavy atom. The summed E-state index contributed by atoms with van der Waals surface area (Å²) in [5, 5.41) is 2.16. The topological polar surface area (TPSA) is 26.0 Å². The normalized spacial score (nSPS) is 12.6. The lowest BCUT2D eigenvalue weighted by Gasteiger charge is -2.12. The van der Waals surface area contributed by atoms with E-state index in [0.717, 1.165) is 12.8 Å². The van der Waals surface area contributed by atoms with Crippen molar-refractivity contribution >= 4 is 22.9 Å². The molecule has 4 heteroatoms. The summed E-state index contributed by atoms with van der Waals surface area (Å²) in [5.74, 6) is -0.396. The van der Waals surface area contributed by atoms with Gasteiger partial charge in [-0.05, 0) is 30.4 Å². The van der Waals surface area contributed by atoms with Gasteiger partial charge in [-0.15, -0.1) is 11.3 Å². The Labute approximate surface area is 109 Å². The average Bonchev–Trinajstić information content (AvgIpc) is 2.82. The Hall–Kier alpha value is -0.900. The number of hydrogen-bond donors (Lipinski definition) is 1. The first kappa shape index (κ1) is 12.6. The number of thiophene rings is 1. The molecule has 1 atom stereocenters. The molecule has 0 saturated heterocycles. The molecular weight excluding hydrogens is 257 g/mol. The lowest BCUT2D eigenvalue weighted by molar-refractivity contribution is 0.565. The van der Waals surface area contributed by atoms with Crippen LogP contribution in [0.2, 0.25) is 5.02 Å². The molecule has 0 amide bonds. The number of benzene rings is 1. The maximum atomic E-state index is 13.7. The molecule has 2 rings (SSSR count). The van der Waals surface area contributed by atoms with Crippen molar-refractivity contribution in [1.82, 2.24) is 0 Å². The molecule has 0 aliphatic rings. The number of nitrogens with two attached hydrogens (primary N) is 1. The Bertz CT molecular complexity index is 484. The maximum Gasteiger partial charge on any atom is 0.146 e. The van der Waals surface area contributed by atoms with Crippen LogP contribution >= 0.6 is 22.9 Å². The molecule has 0 aliphatic carbocycles. The zero-order valence-corrected chi connectivity index (χ0v) is 10.8. The largest absolute Gasteiger partial charge is 0.324 e. The maximum absolute atomic E-state index is 13.7. The molecule has 1 unspecified atom stereocenters. The minimum Gasteiger partial charge on any atom is -0.324 e. The number of aryl methyl sites for hydroxylation is 1. The summed E-state index contributed by atoms with van der Waals surface area (Å²) in [5.41, 5.74) is 6.48. The van der Waals surface area contributed by atoms with Crippen molar-refractivity contribution in [3.05, 3.63) is 57.0 Å². The SMILES string of the molecule is NC(CCc1cccs1)c1cccc(Cl)c1F. The zero-order chi connectivity index (χ0) is 12.3. The van der Waals surface area contributed by atoms with E-state index in [4.69, 9.17) is 17.3 Å². The molecule has 1 aromatic heterocycles. The van der Waals surface area contributed by atoms with Gasteiger partial charge in [0.2, 0.25) is 0 Å². The number of hydrogen-bond acceptors (Lipinski definition) is 2. The van der Waals surface area contributed by atoms with E-state index < -0.39 is 5.82 Å². The van der Waals surface area contributed by atoms with Crippen LogP contribution in [0.1, 0.15) is 22.9 Å². The van der Waals surface area contributed by atoms with E-state index in [1.54, 1.807) is 23.5 Å². The molecule has 1 aromatic carbocycles. The lowest BCUT2D eigenvalue weighted by atomic mass is 10.0. The molecule has 0 spiro atoms. The van der Waals surface area contributed by atoms with Gasteiger partial charge in [-0.3, -0.25) is 0 Å². The Balaban J connectivity index is 2.04. The molecule has 0 bridgehead atoms. The summed E-state index contributed by atoms with van der Waals surface area (Å²) in [6.45, 7) is 0. The first-order valence-electron chi connectivity index (χ1n) is 5.40. The molecule has 0 radical (unpaired) electrons. The Morgan fingerprint density at radius 1 is 1.29 bits per heavy atom. The summed E-state index contributed by atoms with van der Waals surface area (Å²) in [6, 6.07) is 8.71. The van der Waals surface area contributed by atoms with Crippen LogP contribution in [0.3, 0.4) is 0 Å². The van der Waals surface area contributed by atoms with E-state index in [1.165, 1.54) is 10.9 Å². The quantitative estimate of drug-likeness (QED) is 0.886. The predicted molar refractivity (Wildman–Crippen MR) is 71.0 cm³/mol. The highest BCUT2D eigenvalue weighted by atomic mass is 35.5. The zero-order valence-electron chi connectivity index (χ0n) is 9.20. The molecule has 2 aromatic rings. The van der Waals surface area contributed by atoms with Crippen molar-refractivity contribution in [1.29, 1.82) is 0 Å². The molecule has 0 aliphatic heterocycles. The van der Waals surface area contributed by atoms with Crippen LogP contribution in [0.15, 0.2) is 35.7 Å². The molecule has 17 heavy (non-hydrogen) atoms. The standard InChI is InChI=1S/C13H13ClFNS/c14-11-5-1-4-10(13(11)15)12(16)7-6-9-3-2-8-17-9/h1-5,8,12H,6-7,16H2. The Morgan fingerprint density at radius 3 is 2.82 bits per heavy atom. The van der Waals surface area contributed by atoms with Gasteiger partial charge in [0.15, 0.2) is 0 Å². The fourth-order valence-corrected chi connectivity index (χ4v) is 2.62. The molecule has 90 valence electrons. The van der Waals surface area contributed by atoms with Gasteiger partial charge in [-0.1, -0.05) is 29.8 Å². The minimum absolute atomic E-state index is 0.133. The van der Waals surface area contributed by atoms with Crippen molar-refractivity contribution in [2.45, 2.75) is 18.9 Å². The summed E-state index contributed by atoms with van der Waals surface area (Å²) in [6.07, 6.45) is 1.59. The lowest BCUT2D eigenvalue weighted by Crippen LogP contribution is -2.13. The van der Waals surface area contributed by atoms with Crippen LogP contribution in [0.25, 0.3) is 0 Å². The van der Waals surface area contributed by atoms with Crippen molar-refractivity contribution in [2.24, 2.45) is 5.73 Å². The van der Waals surface area contributed by atoms with Gasteiger partial charge in [0.05, 0.1) is 5.02 Å². The van der Waals surface area contributed by atoms with Crippen molar-refractivity contribution in [2.75, 3.05) is 0 Å². The fourth-order valence-electron chi connectivity index (χ4n) is 1.71. The van der Waals surface area contributed by atoms with Gasteiger partial charge in [-0.25, -0.2) is 4.39 Å². The minimum atomic E-state index is -0.396. The second-order valence-corrected chi connectivity index (χ2v) is 5.31. The molecular formula is C13H13ClFNS. The van der Waals surface area contributed by atoms with Gasteiger partial charge < -0.3 is 5.73 Å². The molecule has 0 fully saturated rings. The fraction of sp³-hybridized carbons (Fsp3) is 0.231. The number of rotatable bonds is 4. The molecule has 0 saturated carbocycles. The summed E-state index contributed by atoms with van der Waals surface area (Å²) in [4.78, 5) is 1.27. The monoisotopic (exact) mass is 269 g/mol. The second kappa shape index (κ2) is 5.63. The third kappa shape index (κ3) is 3.06. The van der Waals surface area contributed by atoms with Crippen molar-refractivity contribution in [3.8, 4) is 0 Å². The summed E-state index contributed by atoms with van der Waals surface area (Å²) in [7, 11) is 0. The van der Waals surface area contributed by atoms with E-state index in [0.29, 0.717) is 5.56 Å². The van der Waals surface area contributed by atoms with Gasteiger partial charge in [-0.2, -0.15) is 0 Å². The Kier molecular flexibility index (Phi) is 4.15. The predicted octanol–water partition coefficient (Wildman–Crippen LogP) is 4.17. The molecule has 2 N–H and O–H groups in total. The summed E-state index contributed by atoms with van der Waals surface area (Å²) < 4.78 is 13.7. The molecule has 1 heterocycles. The highest BCUT2D eigenvalue weighted by Gasteiger charge is 2.13. The first-order valence-corrected chi connectivity index (χ1v) is 6.66. The molecule has 1 nitrogen and oxygen atoms in total. The highest BCUT2D eigenvalue weighted by molar-refractivity contribution is 7.09. The van der Waals surface area contributed by atoms with Gasteiger partial charge in [0, 0.05) is 16.5 Å². The van der Waals surface area contributed by atoms with Crippen LogP contribution in [0.5, 0.6) is 0 Å². The van der Waals surface area contributed by atoms with Crippen molar-refractivity contribution in [3.63, 3.8) is 0 Å². The number of halogens is 2. The van der Waals surface area contributed by atoms with Crippen LogP contribution in [-0.2, 0) is 6.42 Å². The van der Waals surface area contributed by atoms with E-state index in [1.807, 2.05) is 11.4 Å². The third-order valence-corrected chi connectivity index (χ3v) is 3.89. The van der Waals surface area contributed by atoms with Crippen LogP contribution in [0.4, 0.5) is 4.39 Å². The highest BCUT2D eigenvalue weighted by Crippen LogP contribution is 2.25. The second-order valence-electron chi connectivity index (χ2n) is 3.87. The first-order chi connectivity index (χ1) is 8.18. The van der Waals surface area contributed by atoms with E-state index in [9.17, 15) is 4.39 Å². The van der Waals surface area contributed by atoms with E-state index in [2.05, 4.69) is 6.07 Å². The third-order valence-electron chi connectivity index (χ3n) is 2.66. The average molecular weight is 270 g/mol. The van der Waals surface area contributed by atoms with Crippen molar-refractivity contribution < 1.29 is 4.39 Å². The van der Waals surface area contributed by atoms with Crippen LogP contribution in [-0.4, -0.2) is 0 Å².